The lowest BCUT2D eigenvalue weighted by Gasteiger charge is -2.34. The van der Waals surface area contributed by atoms with E-state index in [9.17, 15) is 19.2 Å². The Morgan fingerprint density at radius 2 is 1.65 bits per heavy atom. The number of hydrogen-bond donors (Lipinski definition) is 3. The van der Waals surface area contributed by atoms with Gasteiger partial charge >= 0.3 is 6.09 Å². The van der Waals surface area contributed by atoms with Crippen LogP contribution in [0.5, 0.6) is 0 Å². The van der Waals surface area contributed by atoms with Crippen LogP contribution in [0.3, 0.4) is 0 Å². The largest absolute Gasteiger partial charge is 0.444 e. The molecule has 1 saturated heterocycles. The lowest BCUT2D eigenvalue weighted by molar-refractivity contribution is -0.138. The molecule has 2 rings (SSSR count). The number of hydrogen-bond acceptors (Lipinski definition) is 6. The van der Waals surface area contributed by atoms with Gasteiger partial charge in [0.05, 0.1) is 6.04 Å². The number of nitrogens with one attached hydrogen (secondary N) is 3. The fourth-order valence-electron chi connectivity index (χ4n) is 4.09. The summed E-state index contributed by atoms with van der Waals surface area (Å²) in [5.74, 6) is -0.167. The Bertz CT molecular complexity index is 913. The number of amides is 4. The predicted octanol–water partition coefficient (Wildman–Crippen LogP) is 3.25. The smallest absolute Gasteiger partial charge is 0.408 e. The number of likely N-dealkylation sites (tertiary alicyclic amines) is 1. The van der Waals surface area contributed by atoms with E-state index in [0.717, 1.165) is 5.56 Å². The molecule has 0 unspecified atom stereocenters. The minimum Gasteiger partial charge on any atom is -0.444 e. The fourth-order valence-corrected chi connectivity index (χ4v) is 4.56. The minimum absolute atomic E-state index is 0.165. The fraction of sp³-hybridized carbons (Fsp3) is 0.630. The van der Waals surface area contributed by atoms with E-state index in [0.29, 0.717) is 38.1 Å². The van der Waals surface area contributed by atoms with Crippen molar-refractivity contribution in [2.24, 2.45) is 5.92 Å². The van der Waals surface area contributed by atoms with E-state index in [-0.39, 0.29) is 29.7 Å². The van der Waals surface area contributed by atoms with Gasteiger partial charge in [-0.2, -0.15) is 11.8 Å². The van der Waals surface area contributed by atoms with E-state index in [1.165, 1.54) is 0 Å². The van der Waals surface area contributed by atoms with Crippen molar-refractivity contribution >= 4 is 35.6 Å². The van der Waals surface area contributed by atoms with Gasteiger partial charge in [0, 0.05) is 19.0 Å². The molecule has 1 aromatic carbocycles. The molecule has 0 bridgehead atoms. The summed E-state index contributed by atoms with van der Waals surface area (Å²) in [6.45, 7) is 9.71. The highest BCUT2D eigenvalue weighted by atomic mass is 32.2. The van der Waals surface area contributed by atoms with Crippen LogP contribution in [0.1, 0.15) is 65.5 Å². The number of piperidine rings is 1. The van der Waals surface area contributed by atoms with Gasteiger partial charge in [0.15, 0.2) is 0 Å². The molecule has 1 fully saturated rings. The average molecular weight is 535 g/mol. The molecule has 9 nitrogen and oxygen atoms in total. The maximum atomic E-state index is 13.2. The molecule has 1 aromatic rings. The zero-order valence-electron chi connectivity index (χ0n) is 22.8. The van der Waals surface area contributed by atoms with Crippen molar-refractivity contribution < 1.29 is 23.9 Å². The van der Waals surface area contributed by atoms with Crippen LogP contribution in [0, 0.1) is 5.92 Å². The molecular formula is C27H42N4O5S. The number of nitrogens with zero attached hydrogens (tertiary/aromatic N) is 1. The Balaban J connectivity index is 1.85. The molecule has 1 heterocycles. The molecule has 1 aliphatic heterocycles. The van der Waals surface area contributed by atoms with Crippen molar-refractivity contribution in [3.8, 4) is 0 Å². The van der Waals surface area contributed by atoms with Gasteiger partial charge in [-0.1, -0.05) is 30.3 Å². The van der Waals surface area contributed by atoms with Gasteiger partial charge < -0.3 is 25.6 Å². The summed E-state index contributed by atoms with van der Waals surface area (Å²) in [4.78, 5) is 52.6. The van der Waals surface area contributed by atoms with Crippen LogP contribution in [0.4, 0.5) is 4.79 Å². The molecule has 10 heteroatoms. The van der Waals surface area contributed by atoms with Crippen molar-refractivity contribution in [3.05, 3.63) is 35.9 Å². The predicted molar refractivity (Wildman–Crippen MR) is 146 cm³/mol. The molecule has 0 aromatic heterocycles. The Morgan fingerprint density at radius 3 is 2.22 bits per heavy atom. The monoisotopic (exact) mass is 534 g/mol. The Hall–Kier alpha value is -2.75. The van der Waals surface area contributed by atoms with Gasteiger partial charge in [0.25, 0.3) is 0 Å². The number of thioether (sulfide) groups is 1. The van der Waals surface area contributed by atoms with Crippen molar-refractivity contribution in [1.82, 2.24) is 20.9 Å². The molecule has 1 aliphatic rings. The molecule has 206 valence electrons. The zero-order chi connectivity index (χ0) is 27.6. The second kappa shape index (κ2) is 14.3. The van der Waals surface area contributed by atoms with Crippen LogP contribution >= 0.6 is 11.8 Å². The third-order valence-electron chi connectivity index (χ3n) is 6.19. The third kappa shape index (κ3) is 10.3. The number of alkyl carbamates (subject to hydrolysis) is 1. The Labute approximate surface area is 224 Å². The van der Waals surface area contributed by atoms with E-state index in [4.69, 9.17) is 4.74 Å². The lowest BCUT2D eigenvalue weighted by atomic mass is 9.95. The molecule has 0 spiro atoms. The third-order valence-corrected chi connectivity index (χ3v) is 6.83. The van der Waals surface area contributed by atoms with Crippen LogP contribution in [0.15, 0.2) is 30.3 Å². The van der Waals surface area contributed by atoms with Crippen LogP contribution < -0.4 is 16.0 Å². The van der Waals surface area contributed by atoms with E-state index >= 15 is 0 Å². The van der Waals surface area contributed by atoms with E-state index in [2.05, 4.69) is 16.0 Å². The van der Waals surface area contributed by atoms with Crippen molar-refractivity contribution in [1.29, 1.82) is 0 Å². The normalized spacial score (nSPS) is 16.8. The molecule has 37 heavy (non-hydrogen) atoms. The first kappa shape index (κ1) is 30.5. The lowest BCUT2D eigenvalue weighted by Crippen LogP contribution is -2.53. The highest BCUT2D eigenvalue weighted by molar-refractivity contribution is 7.98. The van der Waals surface area contributed by atoms with Gasteiger partial charge in [-0.3, -0.25) is 14.4 Å². The molecule has 0 saturated carbocycles. The first-order valence-electron chi connectivity index (χ1n) is 12.8. The zero-order valence-corrected chi connectivity index (χ0v) is 23.7. The Morgan fingerprint density at radius 1 is 1.03 bits per heavy atom. The van der Waals surface area contributed by atoms with E-state index in [1.807, 2.05) is 43.5 Å². The minimum atomic E-state index is -0.678. The van der Waals surface area contributed by atoms with Crippen LogP contribution in [-0.4, -0.2) is 71.5 Å². The van der Waals surface area contributed by atoms with Crippen LogP contribution in [0.2, 0.25) is 0 Å². The number of rotatable bonds is 10. The quantitative estimate of drug-likeness (QED) is 0.424. The second-order valence-corrected chi connectivity index (χ2v) is 11.4. The van der Waals surface area contributed by atoms with Crippen molar-refractivity contribution in [2.45, 2.75) is 77.6 Å². The summed E-state index contributed by atoms with van der Waals surface area (Å²) in [5.41, 5.74) is 0.333. The van der Waals surface area contributed by atoms with Gasteiger partial charge in [-0.05, 0) is 71.5 Å². The molecule has 0 radical (unpaired) electrons. The summed E-state index contributed by atoms with van der Waals surface area (Å²) in [7, 11) is 0. The average Bonchev–Trinajstić information content (AvgIpc) is 2.85. The highest BCUT2D eigenvalue weighted by Gasteiger charge is 2.33. The topological polar surface area (TPSA) is 117 Å². The van der Waals surface area contributed by atoms with Gasteiger partial charge in [-0.15, -0.1) is 0 Å². The summed E-state index contributed by atoms with van der Waals surface area (Å²) >= 11 is 1.60. The van der Waals surface area contributed by atoms with Crippen molar-refractivity contribution in [2.75, 3.05) is 25.1 Å². The standard InChI is InChI=1S/C27H42N4O5S/c1-18(20-10-8-7-9-11-20)28-23(32)19(2)29-24(33)21-12-15-31(16-13-21)25(34)22(14-17-37-6)30-26(35)36-27(3,4)5/h7-11,18-19,21-22H,12-17H2,1-6H3,(H,28,32)(H,29,33)(H,30,35)/t18-,19-,22-/m0/s1. The number of carbonyl (C=O) groups excluding carboxylic acids is 4. The second-order valence-electron chi connectivity index (χ2n) is 10.5. The SMILES string of the molecule is CSCC[C@H](NC(=O)OC(C)(C)C)C(=O)N1CCC(C(=O)N[C@@H](C)C(=O)N[C@@H](C)c2ccccc2)CC1. The highest BCUT2D eigenvalue weighted by Crippen LogP contribution is 2.20. The molecule has 4 amide bonds. The van der Waals surface area contributed by atoms with Crippen LogP contribution in [0.25, 0.3) is 0 Å². The van der Waals surface area contributed by atoms with Crippen LogP contribution in [-0.2, 0) is 19.1 Å². The first-order chi connectivity index (χ1) is 17.4. The maximum Gasteiger partial charge on any atom is 0.408 e. The Kier molecular flexibility index (Phi) is 11.7. The molecule has 3 N–H and O–H groups in total. The number of carbonyl (C=O) groups is 4. The summed E-state index contributed by atoms with van der Waals surface area (Å²) in [6, 6.07) is 8.11. The maximum absolute atomic E-state index is 13.2. The van der Waals surface area contributed by atoms with Gasteiger partial charge in [0.2, 0.25) is 17.7 Å². The molecular weight excluding hydrogens is 492 g/mol. The summed E-state index contributed by atoms with van der Waals surface area (Å²) in [5, 5.41) is 8.47. The van der Waals surface area contributed by atoms with E-state index < -0.39 is 23.8 Å². The molecule has 3 atom stereocenters. The number of benzene rings is 1. The van der Waals surface area contributed by atoms with Gasteiger partial charge in [0.1, 0.15) is 17.7 Å². The number of ether oxygens (including phenoxy) is 1. The van der Waals surface area contributed by atoms with Gasteiger partial charge in [-0.25, -0.2) is 4.79 Å². The van der Waals surface area contributed by atoms with Crippen molar-refractivity contribution in [3.63, 3.8) is 0 Å². The summed E-state index contributed by atoms with van der Waals surface area (Å²) in [6.07, 6.45) is 2.81. The molecule has 0 aliphatic carbocycles. The van der Waals surface area contributed by atoms with E-state index in [1.54, 1.807) is 44.4 Å². The summed E-state index contributed by atoms with van der Waals surface area (Å²) < 4.78 is 5.33. The first-order valence-corrected chi connectivity index (χ1v) is 14.2.